The van der Waals surface area contributed by atoms with Crippen molar-refractivity contribution < 1.29 is 13.2 Å². The molecular weight excluding hydrogens is 436 g/mol. The van der Waals surface area contributed by atoms with Crippen LogP contribution in [0.4, 0.5) is 5.82 Å². The Morgan fingerprint density at radius 3 is 2.18 bits per heavy atom. The number of piperazine rings is 1. The van der Waals surface area contributed by atoms with Crippen molar-refractivity contribution in [2.75, 3.05) is 38.2 Å². The average Bonchev–Trinajstić information content (AvgIpc) is 2.85. The van der Waals surface area contributed by atoms with Crippen LogP contribution in [-0.4, -0.2) is 56.2 Å². The summed E-state index contributed by atoms with van der Waals surface area (Å²) in [6.07, 6.45) is 1.00. The van der Waals surface area contributed by atoms with Gasteiger partial charge in [-0.3, -0.25) is 0 Å². The third kappa shape index (κ3) is 4.72. The summed E-state index contributed by atoms with van der Waals surface area (Å²) < 4.78 is 33.4. The lowest BCUT2D eigenvalue weighted by atomic mass is 10.1. The lowest BCUT2D eigenvalue weighted by molar-refractivity contribution is 0.382. The van der Waals surface area contributed by atoms with Crippen LogP contribution < -0.4 is 9.64 Å². The van der Waals surface area contributed by atoms with Crippen molar-refractivity contribution in [1.29, 1.82) is 0 Å². The Labute approximate surface area is 196 Å². The van der Waals surface area contributed by atoms with Crippen molar-refractivity contribution >= 4 is 15.8 Å². The normalized spacial score (nSPS) is 15.0. The highest BCUT2D eigenvalue weighted by Gasteiger charge is 2.30. The van der Waals surface area contributed by atoms with Crippen molar-refractivity contribution in [3.8, 4) is 17.0 Å². The number of aryl methyl sites for hydroxylation is 3. The summed E-state index contributed by atoms with van der Waals surface area (Å²) in [7, 11) is -1.99. The van der Waals surface area contributed by atoms with Gasteiger partial charge < -0.3 is 9.64 Å². The molecular formula is C25H30N4O3S. The predicted octanol–water partition coefficient (Wildman–Crippen LogP) is 3.84. The van der Waals surface area contributed by atoms with Gasteiger partial charge in [-0.15, -0.1) is 10.2 Å². The zero-order chi connectivity index (χ0) is 23.6. The van der Waals surface area contributed by atoms with E-state index in [0.29, 0.717) is 42.4 Å². The van der Waals surface area contributed by atoms with Gasteiger partial charge in [0.25, 0.3) is 0 Å². The van der Waals surface area contributed by atoms with E-state index in [9.17, 15) is 8.42 Å². The first kappa shape index (κ1) is 23.2. The first-order valence-corrected chi connectivity index (χ1v) is 12.6. The van der Waals surface area contributed by atoms with E-state index in [1.807, 2.05) is 19.1 Å². The molecule has 8 heteroatoms. The number of benzene rings is 2. The summed E-state index contributed by atoms with van der Waals surface area (Å²) in [6.45, 7) is 7.71. The van der Waals surface area contributed by atoms with Gasteiger partial charge in [-0.2, -0.15) is 4.31 Å². The van der Waals surface area contributed by atoms with Crippen LogP contribution in [0.15, 0.2) is 53.4 Å². The third-order valence-electron chi connectivity index (χ3n) is 6.18. The maximum atomic E-state index is 13.3. The first-order chi connectivity index (χ1) is 15.8. The molecule has 1 fully saturated rings. The maximum Gasteiger partial charge on any atom is 0.243 e. The van der Waals surface area contributed by atoms with Crippen LogP contribution in [0.3, 0.4) is 0 Å². The number of ether oxygens (including phenoxy) is 1. The number of hydrogen-bond donors (Lipinski definition) is 0. The fourth-order valence-corrected chi connectivity index (χ4v) is 5.83. The van der Waals surface area contributed by atoms with Gasteiger partial charge in [0.15, 0.2) is 5.82 Å². The Balaban J connectivity index is 1.44. The van der Waals surface area contributed by atoms with E-state index in [1.54, 1.807) is 30.5 Å². The van der Waals surface area contributed by atoms with E-state index >= 15 is 0 Å². The number of anilines is 1. The van der Waals surface area contributed by atoms with Crippen molar-refractivity contribution in [2.24, 2.45) is 0 Å². The highest BCUT2D eigenvalue weighted by Crippen LogP contribution is 2.29. The average molecular weight is 467 g/mol. The van der Waals surface area contributed by atoms with Crippen molar-refractivity contribution in [3.05, 3.63) is 65.2 Å². The zero-order valence-corrected chi connectivity index (χ0v) is 20.4. The SMILES string of the molecule is CCc1ccc(-c2ccc(N3CCN(S(=O)(=O)c4cc(C)c(OC)cc4C)CC3)nn2)cc1. The summed E-state index contributed by atoms with van der Waals surface area (Å²) in [5.41, 5.74) is 4.64. The number of rotatable bonds is 6. The molecule has 2 aromatic carbocycles. The summed E-state index contributed by atoms with van der Waals surface area (Å²) in [5.74, 6) is 1.46. The van der Waals surface area contributed by atoms with Crippen LogP contribution in [0.1, 0.15) is 23.6 Å². The summed E-state index contributed by atoms with van der Waals surface area (Å²) in [4.78, 5) is 2.42. The minimum atomic E-state index is -3.58. The largest absolute Gasteiger partial charge is 0.496 e. The van der Waals surface area contributed by atoms with E-state index in [2.05, 4.69) is 46.3 Å². The van der Waals surface area contributed by atoms with Crippen molar-refractivity contribution in [1.82, 2.24) is 14.5 Å². The Kier molecular flexibility index (Phi) is 6.67. The molecule has 0 N–H and O–H groups in total. The molecule has 0 unspecified atom stereocenters. The van der Waals surface area contributed by atoms with Gasteiger partial charge in [0, 0.05) is 31.7 Å². The van der Waals surface area contributed by atoms with E-state index in [1.165, 1.54) is 5.56 Å². The van der Waals surface area contributed by atoms with Gasteiger partial charge in [-0.05, 0) is 61.2 Å². The van der Waals surface area contributed by atoms with Crippen LogP contribution in [0.25, 0.3) is 11.3 Å². The van der Waals surface area contributed by atoms with Crippen LogP contribution in [0.2, 0.25) is 0 Å². The van der Waals surface area contributed by atoms with Gasteiger partial charge in [-0.25, -0.2) is 8.42 Å². The molecule has 7 nitrogen and oxygen atoms in total. The van der Waals surface area contributed by atoms with E-state index in [-0.39, 0.29) is 0 Å². The molecule has 1 saturated heterocycles. The molecule has 3 aromatic rings. The van der Waals surface area contributed by atoms with Crippen molar-refractivity contribution in [3.63, 3.8) is 0 Å². The van der Waals surface area contributed by atoms with Gasteiger partial charge in [0.1, 0.15) is 5.75 Å². The molecule has 174 valence electrons. The smallest absolute Gasteiger partial charge is 0.243 e. The number of nitrogens with zero attached hydrogens (tertiary/aromatic N) is 4. The molecule has 0 aliphatic carbocycles. The number of methoxy groups -OCH3 is 1. The van der Waals surface area contributed by atoms with E-state index in [4.69, 9.17) is 4.74 Å². The summed E-state index contributed by atoms with van der Waals surface area (Å²) >= 11 is 0. The second-order valence-corrected chi connectivity index (χ2v) is 10.2. The van der Waals surface area contributed by atoms with E-state index < -0.39 is 10.0 Å². The van der Waals surface area contributed by atoms with E-state index in [0.717, 1.165) is 29.1 Å². The third-order valence-corrected chi connectivity index (χ3v) is 8.22. The number of aromatic nitrogens is 2. The molecule has 33 heavy (non-hydrogen) atoms. The topological polar surface area (TPSA) is 75.6 Å². The highest BCUT2D eigenvalue weighted by molar-refractivity contribution is 7.89. The molecule has 0 amide bonds. The second-order valence-electron chi connectivity index (χ2n) is 8.31. The number of sulfonamides is 1. The highest BCUT2D eigenvalue weighted by atomic mass is 32.2. The molecule has 0 spiro atoms. The molecule has 1 aliphatic heterocycles. The van der Waals surface area contributed by atoms with Crippen molar-refractivity contribution in [2.45, 2.75) is 32.1 Å². The number of hydrogen-bond acceptors (Lipinski definition) is 6. The maximum absolute atomic E-state index is 13.3. The predicted molar refractivity (Wildman–Crippen MR) is 130 cm³/mol. The molecule has 2 heterocycles. The monoisotopic (exact) mass is 466 g/mol. The fraction of sp³-hybridized carbons (Fsp3) is 0.360. The van der Waals surface area contributed by atoms with Gasteiger partial charge in [-0.1, -0.05) is 31.2 Å². The van der Waals surface area contributed by atoms with Crippen LogP contribution >= 0.6 is 0 Å². The lowest BCUT2D eigenvalue weighted by Crippen LogP contribution is -2.49. The molecule has 0 atom stereocenters. The van der Waals surface area contributed by atoms with Gasteiger partial charge in [0.2, 0.25) is 10.0 Å². The fourth-order valence-electron chi connectivity index (χ4n) is 4.12. The Morgan fingerprint density at radius 1 is 0.909 bits per heavy atom. The lowest BCUT2D eigenvalue weighted by Gasteiger charge is -2.34. The molecule has 0 radical (unpaired) electrons. The quantitative estimate of drug-likeness (QED) is 0.549. The standard InChI is InChI=1S/C25H30N4O3S/c1-5-20-6-8-21(9-7-20)22-10-11-25(27-26-22)28-12-14-29(15-13-28)33(30,31)24-17-18(2)23(32-4)16-19(24)3/h6-11,16-17H,5,12-15H2,1-4H3. The molecule has 0 bridgehead atoms. The Hall–Kier alpha value is -2.97. The minimum absolute atomic E-state index is 0.340. The minimum Gasteiger partial charge on any atom is -0.496 e. The summed E-state index contributed by atoms with van der Waals surface area (Å²) in [5, 5.41) is 8.80. The van der Waals surface area contributed by atoms with Gasteiger partial charge in [0.05, 0.1) is 17.7 Å². The first-order valence-electron chi connectivity index (χ1n) is 11.2. The molecule has 1 aliphatic rings. The molecule has 0 saturated carbocycles. The Morgan fingerprint density at radius 2 is 1.61 bits per heavy atom. The van der Waals surface area contributed by atoms with Crippen LogP contribution in [-0.2, 0) is 16.4 Å². The summed E-state index contributed by atoms with van der Waals surface area (Å²) in [6, 6.07) is 15.8. The zero-order valence-electron chi connectivity index (χ0n) is 19.6. The van der Waals surface area contributed by atoms with Crippen LogP contribution in [0.5, 0.6) is 5.75 Å². The molecule has 4 rings (SSSR count). The Bertz CT molecular complexity index is 1220. The second kappa shape index (κ2) is 9.49. The van der Waals surface area contributed by atoms with Crippen LogP contribution in [0, 0.1) is 13.8 Å². The molecule has 1 aromatic heterocycles. The van der Waals surface area contributed by atoms with Gasteiger partial charge >= 0.3 is 0 Å².